The molecule has 0 bridgehead atoms. The van der Waals surface area contributed by atoms with E-state index in [4.69, 9.17) is 4.74 Å². The molecular weight excluding hydrogens is 460 g/mol. The van der Waals surface area contributed by atoms with Crippen LogP contribution in [0.1, 0.15) is 46.1 Å². The number of benzene rings is 2. The number of aromatic nitrogens is 2. The van der Waals surface area contributed by atoms with Crippen molar-refractivity contribution in [3.63, 3.8) is 0 Å². The molecule has 0 unspecified atom stereocenters. The van der Waals surface area contributed by atoms with Crippen LogP contribution in [0.5, 0.6) is 5.75 Å². The normalized spacial score (nSPS) is 13.1. The van der Waals surface area contributed by atoms with Crippen molar-refractivity contribution in [3.8, 4) is 16.3 Å². The lowest BCUT2D eigenvalue weighted by molar-refractivity contribution is -0.127. The van der Waals surface area contributed by atoms with Crippen LogP contribution in [0.25, 0.3) is 10.6 Å². The number of nitrogens with zero attached hydrogens (tertiary/aromatic N) is 2. The van der Waals surface area contributed by atoms with E-state index in [1.807, 2.05) is 54.6 Å². The Balaban J connectivity index is 1.70. The van der Waals surface area contributed by atoms with Crippen molar-refractivity contribution in [3.05, 3.63) is 60.2 Å². The average Bonchev–Trinajstić information content (AvgIpc) is 3.26. The zero-order valence-corrected chi connectivity index (χ0v) is 21.8. The maximum Gasteiger partial charge on any atom is 0.249 e. The summed E-state index contributed by atoms with van der Waals surface area (Å²) in [5.74, 6) is 0.477. The van der Waals surface area contributed by atoms with Crippen molar-refractivity contribution in [2.45, 2.75) is 53.0 Å². The van der Waals surface area contributed by atoms with E-state index >= 15 is 0 Å². The molecule has 0 radical (unpaired) electrons. The summed E-state index contributed by atoms with van der Waals surface area (Å²) in [5, 5.41) is 15.2. The second-order valence-electron chi connectivity index (χ2n) is 10.0. The van der Waals surface area contributed by atoms with Crippen LogP contribution < -0.4 is 15.4 Å². The zero-order valence-electron chi connectivity index (χ0n) is 21.0. The van der Waals surface area contributed by atoms with Crippen LogP contribution in [0.2, 0.25) is 0 Å². The molecule has 1 heterocycles. The zero-order chi connectivity index (χ0) is 25.4. The predicted molar refractivity (Wildman–Crippen MR) is 140 cm³/mol. The van der Waals surface area contributed by atoms with Gasteiger partial charge < -0.3 is 10.1 Å². The highest BCUT2D eigenvalue weighted by molar-refractivity contribution is 7.18. The Morgan fingerprint density at radius 1 is 1.06 bits per heavy atom. The standard InChI is InChI=1S/C27H34N4O3S/c1-18(17-27(2,3)4)14-23(32)28-22(15-19-10-7-6-8-11-19)24(33)29-26-31-30-25(35-26)20-12-9-13-21(16-20)34-5/h6-13,16,18,22H,14-15,17H2,1-5H3,(H,28,32)(H,29,31,33)/t18-,22+/m0/s1. The Morgan fingerprint density at radius 3 is 2.49 bits per heavy atom. The minimum atomic E-state index is -0.726. The molecule has 3 aromatic rings. The van der Waals surface area contributed by atoms with Gasteiger partial charge in [-0.25, -0.2) is 0 Å². The largest absolute Gasteiger partial charge is 0.497 e. The van der Waals surface area contributed by atoms with Gasteiger partial charge >= 0.3 is 0 Å². The monoisotopic (exact) mass is 494 g/mol. The van der Waals surface area contributed by atoms with Gasteiger partial charge in [0.15, 0.2) is 0 Å². The fourth-order valence-corrected chi connectivity index (χ4v) is 4.83. The molecule has 2 atom stereocenters. The molecule has 2 N–H and O–H groups in total. The molecule has 0 aliphatic heterocycles. The van der Waals surface area contributed by atoms with Gasteiger partial charge in [0.1, 0.15) is 16.8 Å². The first-order valence-electron chi connectivity index (χ1n) is 11.7. The Kier molecular flexibility index (Phi) is 8.98. The Bertz CT molecular complexity index is 1120. The van der Waals surface area contributed by atoms with E-state index in [0.717, 1.165) is 23.3 Å². The third-order valence-corrected chi connectivity index (χ3v) is 6.29. The van der Waals surface area contributed by atoms with E-state index in [-0.39, 0.29) is 23.1 Å². The lowest BCUT2D eigenvalue weighted by Crippen LogP contribution is -2.45. The summed E-state index contributed by atoms with van der Waals surface area (Å²) in [7, 11) is 1.61. The summed E-state index contributed by atoms with van der Waals surface area (Å²) in [5.41, 5.74) is 1.95. The van der Waals surface area contributed by atoms with Crippen LogP contribution in [0.15, 0.2) is 54.6 Å². The lowest BCUT2D eigenvalue weighted by atomic mass is 9.84. The third-order valence-electron chi connectivity index (χ3n) is 5.40. The fourth-order valence-electron chi connectivity index (χ4n) is 4.09. The van der Waals surface area contributed by atoms with E-state index < -0.39 is 6.04 Å². The SMILES string of the molecule is COc1cccc(-c2nnc(NC(=O)[C@@H](Cc3ccccc3)NC(=O)C[C@H](C)CC(C)(C)C)s2)c1. The number of nitrogens with one attached hydrogen (secondary N) is 2. The smallest absolute Gasteiger partial charge is 0.249 e. The van der Waals surface area contributed by atoms with Gasteiger partial charge in [0, 0.05) is 18.4 Å². The van der Waals surface area contributed by atoms with Crippen LogP contribution in [0.3, 0.4) is 0 Å². The Labute approximate surface area is 211 Å². The highest BCUT2D eigenvalue weighted by atomic mass is 32.1. The number of methoxy groups -OCH3 is 1. The molecule has 3 rings (SSSR count). The van der Waals surface area contributed by atoms with Gasteiger partial charge in [-0.3, -0.25) is 14.9 Å². The quantitative estimate of drug-likeness (QED) is 0.397. The third kappa shape index (κ3) is 8.47. The molecule has 8 heteroatoms. The van der Waals surface area contributed by atoms with Crippen molar-refractivity contribution in [2.75, 3.05) is 12.4 Å². The number of ether oxygens (including phenoxy) is 1. The maximum atomic E-state index is 13.2. The van der Waals surface area contributed by atoms with Crippen molar-refractivity contribution < 1.29 is 14.3 Å². The minimum Gasteiger partial charge on any atom is -0.497 e. The second kappa shape index (κ2) is 11.9. The summed E-state index contributed by atoms with van der Waals surface area (Å²) in [6.07, 6.45) is 1.68. The summed E-state index contributed by atoms with van der Waals surface area (Å²) < 4.78 is 5.27. The van der Waals surface area contributed by atoms with Gasteiger partial charge in [-0.05, 0) is 35.4 Å². The predicted octanol–water partition coefficient (Wildman–Crippen LogP) is 5.34. The van der Waals surface area contributed by atoms with Crippen LogP contribution in [0.4, 0.5) is 5.13 Å². The van der Waals surface area contributed by atoms with Gasteiger partial charge in [-0.15, -0.1) is 10.2 Å². The van der Waals surface area contributed by atoms with Crippen molar-refractivity contribution >= 4 is 28.3 Å². The summed E-state index contributed by atoms with van der Waals surface area (Å²) in [6.45, 7) is 8.55. The van der Waals surface area contributed by atoms with Gasteiger partial charge in [-0.2, -0.15) is 0 Å². The summed E-state index contributed by atoms with van der Waals surface area (Å²) >= 11 is 1.27. The molecule has 35 heavy (non-hydrogen) atoms. The number of hydrogen-bond donors (Lipinski definition) is 2. The van der Waals surface area contributed by atoms with E-state index in [2.05, 4.69) is 48.5 Å². The minimum absolute atomic E-state index is 0.132. The molecular formula is C27H34N4O3S. The highest BCUT2D eigenvalue weighted by Crippen LogP contribution is 2.29. The number of carbonyl (C=O) groups is 2. The average molecular weight is 495 g/mol. The molecule has 186 valence electrons. The van der Waals surface area contributed by atoms with Crippen LogP contribution in [-0.2, 0) is 16.0 Å². The first-order valence-corrected chi connectivity index (χ1v) is 12.6. The maximum absolute atomic E-state index is 13.2. The molecule has 0 saturated heterocycles. The lowest BCUT2D eigenvalue weighted by Gasteiger charge is -2.24. The van der Waals surface area contributed by atoms with Crippen LogP contribution >= 0.6 is 11.3 Å². The summed E-state index contributed by atoms with van der Waals surface area (Å²) in [4.78, 5) is 26.0. The van der Waals surface area contributed by atoms with Gasteiger partial charge in [0.25, 0.3) is 0 Å². The molecule has 0 spiro atoms. The second-order valence-corrected chi connectivity index (χ2v) is 11.0. The van der Waals surface area contributed by atoms with Gasteiger partial charge in [0.2, 0.25) is 16.9 Å². The topological polar surface area (TPSA) is 93.2 Å². The number of rotatable bonds is 10. The number of carbonyl (C=O) groups excluding carboxylic acids is 2. The van der Waals surface area contributed by atoms with E-state index in [1.54, 1.807) is 7.11 Å². The van der Waals surface area contributed by atoms with Crippen molar-refractivity contribution in [2.24, 2.45) is 11.3 Å². The number of amides is 2. The van der Waals surface area contributed by atoms with Crippen molar-refractivity contribution in [1.82, 2.24) is 15.5 Å². The molecule has 2 amide bonds. The highest BCUT2D eigenvalue weighted by Gasteiger charge is 2.25. The molecule has 7 nitrogen and oxygen atoms in total. The van der Waals surface area contributed by atoms with E-state index in [1.165, 1.54) is 11.3 Å². The van der Waals surface area contributed by atoms with E-state index in [9.17, 15) is 9.59 Å². The Morgan fingerprint density at radius 2 is 1.80 bits per heavy atom. The van der Waals surface area contributed by atoms with Gasteiger partial charge in [0.05, 0.1) is 7.11 Å². The van der Waals surface area contributed by atoms with Crippen LogP contribution in [-0.4, -0.2) is 35.2 Å². The van der Waals surface area contributed by atoms with Crippen molar-refractivity contribution in [1.29, 1.82) is 0 Å². The number of anilines is 1. The first-order chi connectivity index (χ1) is 16.6. The molecule has 2 aromatic carbocycles. The van der Waals surface area contributed by atoms with Crippen LogP contribution in [0, 0.1) is 11.3 Å². The summed E-state index contributed by atoms with van der Waals surface area (Å²) in [6, 6.07) is 16.4. The first kappa shape index (κ1) is 26.3. The molecule has 0 fully saturated rings. The van der Waals surface area contributed by atoms with E-state index in [0.29, 0.717) is 23.0 Å². The fraction of sp³-hybridized carbons (Fsp3) is 0.407. The molecule has 0 aliphatic carbocycles. The molecule has 0 saturated carbocycles. The van der Waals surface area contributed by atoms with Gasteiger partial charge in [-0.1, -0.05) is 81.5 Å². The molecule has 1 aromatic heterocycles. The Hall–Kier alpha value is -3.26. The molecule has 0 aliphatic rings. The number of hydrogen-bond acceptors (Lipinski definition) is 6.